The molecule has 0 aromatic carbocycles. The van der Waals surface area contributed by atoms with Gasteiger partial charge in [0.25, 0.3) is 5.56 Å². The van der Waals surface area contributed by atoms with Crippen LogP contribution in [0.5, 0.6) is 0 Å². The van der Waals surface area contributed by atoms with Gasteiger partial charge in [-0.1, -0.05) is 6.07 Å². The maximum absolute atomic E-state index is 13.1. The van der Waals surface area contributed by atoms with Gasteiger partial charge in [-0.3, -0.25) is 14.6 Å². The maximum Gasteiger partial charge on any atom is 0.345 e. The van der Waals surface area contributed by atoms with Crippen molar-refractivity contribution in [2.75, 3.05) is 12.1 Å². The van der Waals surface area contributed by atoms with E-state index in [2.05, 4.69) is 15.4 Å². The molecule has 3 rings (SSSR count). The van der Waals surface area contributed by atoms with E-state index < -0.39 is 24.3 Å². The van der Waals surface area contributed by atoms with Crippen molar-refractivity contribution in [3.63, 3.8) is 0 Å². The number of thiophene rings is 1. The van der Waals surface area contributed by atoms with E-state index in [0.717, 1.165) is 5.56 Å². The van der Waals surface area contributed by atoms with Crippen molar-refractivity contribution < 1.29 is 19.1 Å². The number of aromatic nitrogens is 3. The number of pyridine rings is 1. The number of carbonyl (C=O) groups excluding carboxylic acids is 2. The third kappa shape index (κ3) is 4.54. The van der Waals surface area contributed by atoms with Crippen LogP contribution in [0, 0.1) is 6.92 Å². The third-order valence-corrected chi connectivity index (χ3v) is 5.04. The molecular weight excluding hydrogens is 408 g/mol. The highest BCUT2D eigenvalue weighted by Crippen LogP contribution is 2.31. The van der Waals surface area contributed by atoms with Crippen LogP contribution >= 0.6 is 11.3 Å². The number of nitrogens with one attached hydrogen (secondary N) is 1. The van der Waals surface area contributed by atoms with E-state index in [4.69, 9.17) is 9.47 Å². The number of anilines is 2. The van der Waals surface area contributed by atoms with Gasteiger partial charge in [0, 0.05) is 19.7 Å². The quantitative estimate of drug-likeness (QED) is 0.451. The smallest absolute Gasteiger partial charge is 0.345 e. The second kappa shape index (κ2) is 9.31. The third-order valence-electron chi connectivity index (χ3n) is 4.16. The molecule has 0 spiro atoms. The van der Waals surface area contributed by atoms with Gasteiger partial charge in [0.1, 0.15) is 16.9 Å². The Labute approximate surface area is 176 Å². The molecule has 1 N–H and O–H groups in total. The summed E-state index contributed by atoms with van der Waals surface area (Å²) in [5.74, 6) is -1.43. The molecule has 0 radical (unpaired) electrons. The number of carbonyl (C=O) groups is 2. The standard InChI is InChI=1S/C20H20N4O5S/c1-4-24-19(26)18(22-14-10-21-8-7-12(14)2)16(20(27)29-11-28-13(3)25)17(23-24)15-6-5-9-30-15/h5-10,22H,4,11H2,1-3H3. The van der Waals surface area contributed by atoms with Crippen molar-refractivity contribution in [2.45, 2.75) is 27.3 Å². The zero-order valence-corrected chi connectivity index (χ0v) is 17.5. The molecular formula is C20H20N4O5S. The SMILES string of the molecule is CCn1nc(-c2cccs2)c(C(=O)OCOC(C)=O)c(Nc2cnccc2C)c1=O. The average molecular weight is 428 g/mol. The van der Waals surface area contributed by atoms with Crippen molar-refractivity contribution in [1.82, 2.24) is 14.8 Å². The van der Waals surface area contributed by atoms with Crippen LogP contribution in [0.3, 0.4) is 0 Å². The Morgan fingerprint density at radius 1 is 1.27 bits per heavy atom. The lowest BCUT2D eigenvalue weighted by Gasteiger charge is -2.17. The summed E-state index contributed by atoms with van der Waals surface area (Å²) < 4.78 is 11.1. The molecule has 0 amide bonds. The molecule has 3 heterocycles. The van der Waals surface area contributed by atoms with Gasteiger partial charge in [0.2, 0.25) is 6.79 Å². The van der Waals surface area contributed by atoms with Crippen molar-refractivity contribution in [3.05, 3.63) is 57.5 Å². The summed E-state index contributed by atoms with van der Waals surface area (Å²) in [4.78, 5) is 41.8. The minimum atomic E-state index is -0.837. The molecule has 3 aromatic rings. The molecule has 0 atom stereocenters. The summed E-state index contributed by atoms with van der Waals surface area (Å²) in [5, 5.41) is 9.24. The van der Waals surface area contributed by atoms with Crippen molar-refractivity contribution in [2.24, 2.45) is 0 Å². The summed E-state index contributed by atoms with van der Waals surface area (Å²) in [5.41, 5.74) is 1.18. The molecule has 0 aliphatic carbocycles. The molecule has 0 bridgehead atoms. The Morgan fingerprint density at radius 2 is 2.07 bits per heavy atom. The molecule has 0 aliphatic rings. The minimum absolute atomic E-state index is 0.0131. The van der Waals surface area contributed by atoms with Crippen molar-refractivity contribution in [3.8, 4) is 10.6 Å². The fourth-order valence-electron chi connectivity index (χ4n) is 2.65. The van der Waals surface area contributed by atoms with Crippen LogP contribution in [-0.4, -0.2) is 33.5 Å². The maximum atomic E-state index is 13.1. The van der Waals surface area contributed by atoms with Crippen LogP contribution in [0.25, 0.3) is 10.6 Å². The van der Waals surface area contributed by atoms with Crippen LogP contribution in [0.15, 0.2) is 40.8 Å². The van der Waals surface area contributed by atoms with Crippen molar-refractivity contribution >= 4 is 34.7 Å². The number of nitrogens with zero attached hydrogens (tertiary/aromatic N) is 3. The van der Waals surface area contributed by atoms with E-state index in [9.17, 15) is 14.4 Å². The van der Waals surface area contributed by atoms with Crippen molar-refractivity contribution in [1.29, 1.82) is 0 Å². The first-order chi connectivity index (χ1) is 14.4. The molecule has 0 fully saturated rings. The number of hydrogen-bond acceptors (Lipinski definition) is 9. The highest BCUT2D eigenvalue weighted by atomic mass is 32.1. The van der Waals surface area contributed by atoms with Gasteiger partial charge in [0.05, 0.1) is 16.8 Å². The van der Waals surface area contributed by atoms with Gasteiger partial charge in [-0.05, 0) is 36.9 Å². The Kier molecular flexibility index (Phi) is 6.58. The molecule has 3 aromatic heterocycles. The lowest BCUT2D eigenvalue weighted by atomic mass is 10.1. The lowest BCUT2D eigenvalue weighted by Crippen LogP contribution is -2.29. The first-order valence-corrected chi connectivity index (χ1v) is 9.97. The molecule has 10 heteroatoms. The average Bonchev–Trinajstić information content (AvgIpc) is 3.25. The number of ether oxygens (including phenoxy) is 2. The van der Waals surface area contributed by atoms with Crippen LogP contribution in [-0.2, 0) is 20.8 Å². The van der Waals surface area contributed by atoms with Crippen LogP contribution in [0.1, 0.15) is 29.8 Å². The molecule has 0 aliphatic heterocycles. The number of hydrogen-bond donors (Lipinski definition) is 1. The predicted molar refractivity (Wildman–Crippen MR) is 112 cm³/mol. The summed E-state index contributed by atoms with van der Waals surface area (Å²) >= 11 is 1.37. The normalized spacial score (nSPS) is 10.5. The summed E-state index contributed by atoms with van der Waals surface area (Å²) in [6.45, 7) is 4.57. The van der Waals surface area contributed by atoms with E-state index in [-0.39, 0.29) is 11.3 Å². The van der Waals surface area contributed by atoms with E-state index >= 15 is 0 Å². The zero-order valence-electron chi connectivity index (χ0n) is 16.7. The summed E-state index contributed by atoms with van der Waals surface area (Å²) in [6, 6.07) is 5.38. The van der Waals surface area contributed by atoms with Crippen LogP contribution in [0.2, 0.25) is 0 Å². The largest absolute Gasteiger partial charge is 0.428 e. The van der Waals surface area contributed by atoms with Crippen LogP contribution < -0.4 is 10.9 Å². The Hall–Kier alpha value is -3.53. The molecule has 0 saturated carbocycles. The van der Waals surface area contributed by atoms with Gasteiger partial charge in [-0.15, -0.1) is 11.3 Å². The molecule has 0 saturated heterocycles. The van der Waals surface area contributed by atoms with Gasteiger partial charge >= 0.3 is 11.9 Å². The van der Waals surface area contributed by atoms with E-state index in [1.807, 2.05) is 18.4 Å². The molecule has 30 heavy (non-hydrogen) atoms. The van der Waals surface area contributed by atoms with Gasteiger partial charge in [-0.2, -0.15) is 5.10 Å². The second-order valence-corrected chi connectivity index (χ2v) is 7.15. The zero-order chi connectivity index (χ0) is 21.7. The topological polar surface area (TPSA) is 112 Å². The fraction of sp³-hybridized carbons (Fsp3) is 0.250. The molecule has 156 valence electrons. The second-order valence-electron chi connectivity index (χ2n) is 6.20. The van der Waals surface area contributed by atoms with Gasteiger partial charge < -0.3 is 14.8 Å². The fourth-order valence-corrected chi connectivity index (χ4v) is 3.37. The Morgan fingerprint density at radius 3 is 2.70 bits per heavy atom. The van der Waals surface area contributed by atoms with E-state index in [1.54, 1.807) is 31.5 Å². The summed E-state index contributed by atoms with van der Waals surface area (Å²) in [6.07, 6.45) is 3.19. The highest BCUT2D eigenvalue weighted by molar-refractivity contribution is 7.13. The number of esters is 2. The summed E-state index contributed by atoms with van der Waals surface area (Å²) in [7, 11) is 0. The van der Waals surface area contributed by atoms with Crippen LogP contribution in [0.4, 0.5) is 11.4 Å². The van der Waals surface area contributed by atoms with E-state index in [0.29, 0.717) is 22.8 Å². The monoisotopic (exact) mass is 428 g/mol. The Balaban J connectivity index is 2.18. The first kappa shape index (κ1) is 21.2. The van der Waals surface area contributed by atoms with Gasteiger partial charge in [0.15, 0.2) is 0 Å². The first-order valence-electron chi connectivity index (χ1n) is 9.09. The molecule has 0 unspecified atom stereocenters. The highest BCUT2D eigenvalue weighted by Gasteiger charge is 2.26. The Bertz CT molecular complexity index is 1120. The lowest BCUT2D eigenvalue weighted by molar-refractivity contribution is -0.149. The van der Waals surface area contributed by atoms with Gasteiger partial charge in [-0.25, -0.2) is 9.48 Å². The predicted octanol–water partition coefficient (Wildman–Crippen LogP) is 3.12. The van der Waals surface area contributed by atoms with E-state index in [1.165, 1.54) is 22.9 Å². The number of rotatable bonds is 7. The number of aryl methyl sites for hydroxylation is 2. The minimum Gasteiger partial charge on any atom is -0.428 e. The molecule has 9 nitrogen and oxygen atoms in total.